The minimum atomic E-state index is 0.866. The first kappa shape index (κ1) is 13.3. The second kappa shape index (κ2) is 6.16. The number of aromatic nitrogens is 2. The van der Waals surface area contributed by atoms with E-state index >= 15 is 0 Å². The minimum absolute atomic E-state index is 0.866. The first-order valence-corrected chi connectivity index (χ1v) is 6.96. The lowest BCUT2D eigenvalue weighted by Crippen LogP contribution is -2.16. The van der Waals surface area contributed by atoms with Crippen LogP contribution in [0.2, 0.25) is 0 Å². The lowest BCUT2D eigenvalue weighted by atomic mass is 10.2. The number of hydrogen-bond acceptors (Lipinski definition) is 2. The molecule has 0 amide bonds. The number of aryl methyl sites for hydroxylation is 1. The van der Waals surface area contributed by atoms with Crippen LogP contribution in [0.25, 0.3) is 0 Å². The van der Waals surface area contributed by atoms with Crippen molar-refractivity contribution in [1.82, 2.24) is 14.9 Å². The Morgan fingerprint density at radius 3 is 2.94 bits per heavy atom. The molecule has 1 aromatic carbocycles. The fourth-order valence-electron chi connectivity index (χ4n) is 1.94. The average molecular weight is 308 g/mol. The van der Waals surface area contributed by atoms with Crippen LogP contribution in [0.5, 0.6) is 0 Å². The molecular formula is C14H18BrN3. The van der Waals surface area contributed by atoms with E-state index in [0.717, 1.165) is 29.9 Å². The summed E-state index contributed by atoms with van der Waals surface area (Å²) in [6.45, 7) is 6.87. The summed E-state index contributed by atoms with van der Waals surface area (Å²) < 4.78 is 3.37. The Kier molecular flexibility index (Phi) is 4.55. The Morgan fingerprint density at radius 2 is 2.22 bits per heavy atom. The smallest absolute Gasteiger partial charge is 0.106 e. The summed E-state index contributed by atoms with van der Waals surface area (Å²) >= 11 is 3.51. The van der Waals surface area contributed by atoms with Crippen LogP contribution in [0.15, 0.2) is 34.9 Å². The molecular weight excluding hydrogens is 290 g/mol. The Balaban J connectivity index is 2.20. The molecule has 2 rings (SSSR count). The fourth-order valence-corrected chi connectivity index (χ4v) is 2.39. The van der Waals surface area contributed by atoms with Crippen molar-refractivity contribution in [3.05, 3.63) is 52.0 Å². The van der Waals surface area contributed by atoms with E-state index < -0.39 is 0 Å². The van der Waals surface area contributed by atoms with Gasteiger partial charge in [-0.2, -0.15) is 0 Å². The molecule has 1 N–H and O–H groups in total. The van der Waals surface area contributed by atoms with Gasteiger partial charge in [-0.1, -0.05) is 35.0 Å². The third-order valence-corrected chi connectivity index (χ3v) is 3.42. The fraction of sp³-hybridized carbons (Fsp3) is 0.357. The second-order valence-electron chi connectivity index (χ2n) is 4.29. The van der Waals surface area contributed by atoms with Crippen LogP contribution in [-0.2, 0) is 13.1 Å². The Morgan fingerprint density at radius 1 is 1.39 bits per heavy atom. The highest BCUT2D eigenvalue weighted by atomic mass is 79.9. The molecule has 0 aliphatic heterocycles. The van der Waals surface area contributed by atoms with Gasteiger partial charge in [0.1, 0.15) is 5.82 Å². The van der Waals surface area contributed by atoms with Gasteiger partial charge in [0, 0.05) is 23.8 Å². The summed E-state index contributed by atoms with van der Waals surface area (Å²) in [4.78, 5) is 4.40. The number of nitrogens with zero attached hydrogens (tertiary/aromatic N) is 2. The van der Waals surface area contributed by atoms with Gasteiger partial charge in [-0.05, 0) is 31.2 Å². The predicted molar refractivity (Wildman–Crippen MR) is 77.6 cm³/mol. The van der Waals surface area contributed by atoms with Crippen molar-refractivity contribution < 1.29 is 0 Å². The molecule has 0 atom stereocenters. The quantitative estimate of drug-likeness (QED) is 0.920. The maximum atomic E-state index is 4.40. The molecule has 2 aromatic rings. The van der Waals surface area contributed by atoms with Gasteiger partial charge in [-0.25, -0.2) is 4.98 Å². The van der Waals surface area contributed by atoms with Crippen LogP contribution < -0.4 is 5.32 Å². The number of nitrogens with one attached hydrogen (secondary N) is 1. The van der Waals surface area contributed by atoms with Crippen molar-refractivity contribution in [2.24, 2.45) is 0 Å². The lowest BCUT2D eigenvalue weighted by molar-refractivity contribution is 0.646. The van der Waals surface area contributed by atoms with Gasteiger partial charge in [-0.3, -0.25) is 0 Å². The van der Waals surface area contributed by atoms with E-state index in [1.165, 1.54) is 11.3 Å². The summed E-state index contributed by atoms with van der Waals surface area (Å²) in [5.41, 5.74) is 2.51. The van der Waals surface area contributed by atoms with E-state index in [9.17, 15) is 0 Å². The highest BCUT2D eigenvalue weighted by Crippen LogP contribution is 2.15. The first-order valence-electron chi connectivity index (χ1n) is 6.17. The van der Waals surface area contributed by atoms with Crippen LogP contribution in [0.4, 0.5) is 0 Å². The molecule has 1 aromatic heterocycles. The summed E-state index contributed by atoms with van der Waals surface area (Å²) in [6, 6.07) is 8.40. The van der Waals surface area contributed by atoms with E-state index in [1.807, 2.05) is 19.2 Å². The van der Waals surface area contributed by atoms with E-state index in [-0.39, 0.29) is 0 Å². The molecule has 96 valence electrons. The van der Waals surface area contributed by atoms with Crippen LogP contribution in [0, 0.1) is 6.92 Å². The van der Waals surface area contributed by atoms with Gasteiger partial charge in [0.15, 0.2) is 0 Å². The zero-order chi connectivity index (χ0) is 13.0. The molecule has 18 heavy (non-hydrogen) atoms. The molecule has 3 nitrogen and oxygen atoms in total. The summed E-state index contributed by atoms with van der Waals surface area (Å²) in [7, 11) is 0. The maximum Gasteiger partial charge on any atom is 0.106 e. The van der Waals surface area contributed by atoms with Crippen LogP contribution in [-0.4, -0.2) is 16.1 Å². The highest BCUT2D eigenvalue weighted by molar-refractivity contribution is 9.10. The molecule has 0 spiro atoms. The molecule has 0 radical (unpaired) electrons. The molecule has 1 heterocycles. The van der Waals surface area contributed by atoms with Crippen LogP contribution in [0.1, 0.15) is 24.0 Å². The Bertz CT molecular complexity index is 520. The molecule has 0 fully saturated rings. The molecule has 0 saturated carbocycles. The molecule has 0 bridgehead atoms. The standard InChI is InChI=1S/C14H18BrN3/c1-3-16-8-14-9-17-11(2)18(14)10-12-5-4-6-13(15)7-12/h4-7,9,16H,3,8,10H2,1-2H3. The predicted octanol–water partition coefficient (Wildman–Crippen LogP) is 3.11. The average Bonchev–Trinajstić information content (AvgIpc) is 2.69. The SMILES string of the molecule is CCNCc1cnc(C)n1Cc1cccc(Br)c1. The monoisotopic (exact) mass is 307 g/mol. The number of hydrogen-bond donors (Lipinski definition) is 1. The summed E-state index contributed by atoms with van der Waals surface area (Å²) in [5.74, 6) is 1.06. The van der Waals surface area contributed by atoms with Crippen molar-refractivity contribution in [1.29, 1.82) is 0 Å². The van der Waals surface area contributed by atoms with Gasteiger partial charge < -0.3 is 9.88 Å². The van der Waals surface area contributed by atoms with Crippen molar-refractivity contribution >= 4 is 15.9 Å². The van der Waals surface area contributed by atoms with E-state index in [1.54, 1.807) is 0 Å². The van der Waals surface area contributed by atoms with Crippen molar-refractivity contribution in [2.75, 3.05) is 6.54 Å². The number of benzene rings is 1. The zero-order valence-corrected chi connectivity index (χ0v) is 12.4. The number of halogens is 1. The van der Waals surface area contributed by atoms with Crippen LogP contribution >= 0.6 is 15.9 Å². The van der Waals surface area contributed by atoms with Gasteiger partial charge in [0.25, 0.3) is 0 Å². The Labute approximate surface area is 116 Å². The molecule has 0 aliphatic rings. The molecule has 0 unspecified atom stereocenters. The second-order valence-corrected chi connectivity index (χ2v) is 5.21. The van der Waals surface area contributed by atoms with E-state index in [2.05, 4.69) is 55.9 Å². The number of rotatable bonds is 5. The summed E-state index contributed by atoms with van der Waals surface area (Å²) in [5, 5.41) is 3.35. The van der Waals surface area contributed by atoms with E-state index in [0.29, 0.717) is 0 Å². The Hall–Kier alpha value is -1.13. The van der Waals surface area contributed by atoms with Crippen molar-refractivity contribution in [3.63, 3.8) is 0 Å². The van der Waals surface area contributed by atoms with Crippen LogP contribution in [0.3, 0.4) is 0 Å². The zero-order valence-electron chi connectivity index (χ0n) is 10.8. The minimum Gasteiger partial charge on any atom is -0.327 e. The third kappa shape index (κ3) is 3.21. The van der Waals surface area contributed by atoms with Gasteiger partial charge in [0.05, 0.1) is 5.69 Å². The first-order chi connectivity index (χ1) is 8.70. The van der Waals surface area contributed by atoms with Crippen molar-refractivity contribution in [2.45, 2.75) is 26.9 Å². The van der Waals surface area contributed by atoms with Gasteiger partial charge >= 0.3 is 0 Å². The normalized spacial score (nSPS) is 10.8. The molecule has 0 aliphatic carbocycles. The maximum absolute atomic E-state index is 4.40. The highest BCUT2D eigenvalue weighted by Gasteiger charge is 2.06. The third-order valence-electron chi connectivity index (χ3n) is 2.92. The molecule has 0 saturated heterocycles. The van der Waals surface area contributed by atoms with Crippen molar-refractivity contribution in [3.8, 4) is 0 Å². The topological polar surface area (TPSA) is 29.9 Å². The van der Waals surface area contributed by atoms with Gasteiger partial charge in [-0.15, -0.1) is 0 Å². The summed E-state index contributed by atoms with van der Waals surface area (Å²) in [6.07, 6.45) is 1.95. The largest absolute Gasteiger partial charge is 0.327 e. The molecule has 4 heteroatoms. The van der Waals surface area contributed by atoms with Gasteiger partial charge in [0.2, 0.25) is 0 Å². The lowest BCUT2D eigenvalue weighted by Gasteiger charge is -2.11. The van der Waals surface area contributed by atoms with E-state index in [4.69, 9.17) is 0 Å². The number of imidazole rings is 1.